The second-order valence-corrected chi connectivity index (χ2v) is 7.36. The number of nitrogens with one attached hydrogen (secondary N) is 1. The van der Waals surface area contributed by atoms with E-state index in [1.807, 2.05) is 0 Å². The summed E-state index contributed by atoms with van der Waals surface area (Å²) in [5.41, 5.74) is 0.457. The second kappa shape index (κ2) is 5.94. The van der Waals surface area contributed by atoms with Crippen LogP contribution in [0.5, 0.6) is 0 Å². The molecule has 2 fully saturated rings. The number of hydrogen-bond acceptors (Lipinski definition) is 3. The van der Waals surface area contributed by atoms with Crippen molar-refractivity contribution < 1.29 is 0 Å². The molecular weight excluding hydrogens is 228 g/mol. The van der Waals surface area contributed by atoms with E-state index in [1.54, 1.807) is 0 Å². The van der Waals surface area contributed by atoms with Crippen molar-refractivity contribution in [2.75, 3.05) is 31.1 Å². The SMILES string of the molecule is CCC(C)(CNC1CC1)CN1CCSCC1C. The number of rotatable bonds is 6. The highest BCUT2D eigenvalue weighted by molar-refractivity contribution is 7.99. The van der Waals surface area contributed by atoms with E-state index < -0.39 is 0 Å². The van der Waals surface area contributed by atoms with E-state index in [2.05, 4.69) is 42.7 Å². The summed E-state index contributed by atoms with van der Waals surface area (Å²) in [7, 11) is 0. The van der Waals surface area contributed by atoms with Gasteiger partial charge in [-0.3, -0.25) is 4.90 Å². The Labute approximate surface area is 111 Å². The highest BCUT2D eigenvalue weighted by Crippen LogP contribution is 2.27. The monoisotopic (exact) mass is 256 g/mol. The normalized spacial score (nSPS) is 30.2. The Morgan fingerprint density at radius 2 is 2.18 bits per heavy atom. The Morgan fingerprint density at radius 3 is 2.76 bits per heavy atom. The maximum atomic E-state index is 3.72. The zero-order valence-electron chi connectivity index (χ0n) is 11.7. The van der Waals surface area contributed by atoms with Crippen molar-refractivity contribution in [2.24, 2.45) is 5.41 Å². The van der Waals surface area contributed by atoms with Gasteiger partial charge in [0.1, 0.15) is 0 Å². The Kier molecular flexibility index (Phi) is 4.79. The fraction of sp³-hybridized carbons (Fsp3) is 1.00. The van der Waals surface area contributed by atoms with E-state index in [4.69, 9.17) is 0 Å². The van der Waals surface area contributed by atoms with Gasteiger partial charge in [-0.25, -0.2) is 0 Å². The first-order valence-electron chi connectivity index (χ1n) is 7.18. The van der Waals surface area contributed by atoms with Gasteiger partial charge in [0, 0.05) is 43.2 Å². The van der Waals surface area contributed by atoms with Gasteiger partial charge in [-0.15, -0.1) is 0 Å². The van der Waals surface area contributed by atoms with Gasteiger partial charge in [0.15, 0.2) is 0 Å². The summed E-state index contributed by atoms with van der Waals surface area (Å²) in [5, 5.41) is 3.72. The first kappa shape index (κ1) is 13.7. The molecule has 2 atom stereocenters. The van der Waals surface area contributed by atoms with Crippen LogP contribution in [0.4, 0.5) is 0 Å². The summed E-state index contributed by atoms with van der Waals surface area (Å²) < 4.78 is 0. The van der Waals surface area contributed by atoms with Gasteiger partial charge in [0.05, 0.1) is 0 Å². The molecule has 2 aliphatic rings. The quantitative estimate of drug-likeness (QED) is 0.786. The third-order valence-electron chi connectivity index (χ3n) is 4.34. The molecule has 1 heterocycles. The van der Waals surface area contributed by atoms with Gasteiger partial charge >= 0.3 is 0 Å². The van der Waals surface area contributed by atoms with Crippen molar-refractivity contribution >= 4 is 11.8 Å². The van der Waals surface area contributed by atoms with Crippen molar-refractivity contribution in [3.05, 3.63) is 0 Å². The molecule has 0 bridgehead atoms. The average Bonchev–Trinajstić information content (AvgIpc) is 3.14. The van der Waals surface area contributed by atoms with Crippen molar-refractivity contribution in [3.8, 4) is 0 Å². The fourth-order valence-corrected chi connectivity index (χ4v) is 3.54. The summed E-state index contributed by atoms with van der Waals surface area (Å²) in [4.78, 5) is 2.70. The predicted octanol–water partition coefficient (Wildman–Crippen LogP) is 2.59. The van der Waals surface area contributed by atoms with Gasteiger partial charge in [-0.05, 0) is 31.6 Å². The lowest BCUT2D eigenvalue weighted by molar-refractivity contribution is 0.132. The lowest BCUT2D eigenvalue weighted by atomic mass is 9.86. The molecule has 100 valence electrons. The lowest BCUT2D eigenvalue weighted by Crippen LogP contribution is -2.48. The van der Waals surface area contributed by atoms with Gasteiger partial charge in [0.2, 0.25) is 0 Å². The fourth-order valence-electron chi connectivity index (χ4n) is 2.46. The zero-order valence-corrected chi connectivity index (χ0v) is 12.5. The van der Waals surface area contributed by atoms with E-state index in [1.165, 1.54) is 50.4 Å². The van der Waals surface area contributed by atoms with Gasteiger partial charge in [0.25, 0.3) is 0 Å². The zero-order chi connectivity index (χ0) is 12.3. The van der Waals surface area contributed by atoms with Crippen molar-refractivity contribution in [1.82, 2.24) is 10.2 Å². The Hall–Kier alpha value is 0.270. The minimum atomic E-state index is 0.457. The minimum absolute atomic E-state index is 0.457. The van der Waals surface area contributed by atoms with Crippen molar-refractivity contribution in [2.45, 2.75) is 52.1 Å². The highest BCUT2D eigenvalue weighted by Gasteiger charge is 2.31. The molecule has 2 unspecified atom stereocenters. The highest BCUT2D eigenvalue weighted by atomic mass is 32.2. The molecule has 1 aliphatic heterocycles. The van der Waals surface area contributed by atoms with Crippen LogP contribution < -0.4 is 5.32 Å². The van der Waals surface area contributed by atoms with Crippen molar-refractivity contribution in [1.29, 1.82) is 0 Å². The molecule has 0 aromatic carbocycles. The van der Waals surface area contributed by atoms with Crippen LogP contribution >= 0.6 is 11.8 Å². The summed E-state index contributed by atoms with van der Waals surface area (Å²) in [6.45, 7) is 10.9. The lowest BCUT2D eigenvalue weighted by Gasteiger charge is -2.40. The van der Waals surface area contributed by atoms with Crippen LogP contribution in [0.25, 0.3) is 0 Å². The molecule has 2 nitrogen and oxygen atoms in total. The largest absolute Gasteiger partial charge is 0.313 e. The predicted molar refractivity (Wildman–Crippen MR) is 77.8 cm³/mol. The Balaban J connectivity index is 1.82. The van der Waals surface area contributed by atoms with E-state index in [0.717, 1.165) is 12.1 Å². The van der Waals surface area contributed by atoms with Crippen LogP contribution in [0, 0.1) is 5.41 Å². The van der Waals surface area contributed by atoms with Gasteiger partial charge < -0.3 is 5.32 Å². The first-order chi connectivity index (χ1) is 8.13. The first-order valence-corrected chi connectivity index (χ1v) is 8.33. The molecular formula is C14H28N2S. The maximum Gasteiger partial charge on any atom is 0.0158 e. The van der Waals surface area contributed by atoms with E-state index in [0.29, 0.717) is 5.41 Å². The molecule has 0 radical (unpaired) electrons. The minimum Gasteiger partial charge on any atom is -0.313 e. The summed E-state index contributed by atoms with van der Waals surface area (Å²) in [6.07, 6.45) is 4.08. The molecule has 1 aliphatic carbocycles. The average molecular weight is 256 g/mol. The molecule has 1 saturated heterocycles. The smallest absolute Gasteiger partial charge is 0.0158 e. The molecule has 0 amide bonds. The maximum absolute atomic E-state index is 3.72. The number of nitrogens with zero attached hydrogens (tertiary/aromatic N) is 1. The number of hydrogen-bond donors (Lipinski definition) is 1. The number of thioether (sulfide) groups is 1. The molecule has 0 spiro atoms. The van der Waals surface area contributed by atoms with Crippen LogP contribution in [0.1, 0.15) is 40.0 Å². The summed E-state index contributed by atoms with van der Waals surface area (Å²) in [5.74, 6) is 2.63. The standard InChI is InChI=1S/C14H28N2S/c1-4-14(3,10-15-13-5-6-13)11-16-7-8-17-9-12(16)2/h12-13,15H,4-11H2,1-3H3. The summed E-state index contributed by atoms with van der Waals surface area (Å²) >= 11 is 2.11. The van der Waals surface area contributed by atoms with Gasteiger partial charge in [-0.2, -0.15) is 11.8 Å². The molecule has 0 aromatic rings. The Morgan fingerprint density at radius 1 is 1.41 bits per heavy atom. The molecule has 1 saturated carbocycles. The topological polar surface area (TPSA) is 15.3 Å². The third-order valence-corrected chi connectivity index (χ3v) is 5.53. The molecule has 1 N–H and O–H groups in total. The molecule has 0 aromatic heterocycles. The van der Waals surface area contributed by atoms with Crippen LogP contribution in [0.2, 0.25) is 0 Å². The van der Waals surface area contributed by atoms with E-state index in [-0.39, 0.29) is 0 Å². The molecule has 3 heteroatoms. The van der Waals surface area contributed by atoms with Crippen LogP contribution in [-0.4, -0.2) is 48.1 Å². The van der Waals surface area contributed by atoms with Crippen LogP contribution in [-0.2, 0) is 0 Å². The summed E-state index contributed by atoms with van der Waals surface area (Å²) in [6, 6.07) is 1.61. The molecule has 17 heavy (non-hydrogen) atoms. The van der Waals surface area contributed by atoms with Crippen LogP contribution in [0.3, 0.4) is 0 Å². The Bertz CT molecular complexity index is 242. The second-order valence-electron chi connectivity index (χ2n) is 6.21. The van der Waals surface area contributed by atoms with Crippen molar-refractivity contribution in [3.63, 3.8) is 0 Å². The van der Waals surface area contributed by atoms with E-state index in [9.17, 15) is 0 Å². The van der Waals surface area contributed by atoms with Gasteiger partial charge in [-0.1, -0.05) is 13.8 Å². The third kappa shape index (κ3) is 4.15. The van der Waals surface area contributed by atoms with E-state index >= 15 is 0 Å². The molecule has 2 rings (SSSR count). The van der Waals surface area contributed by atoms with Crippen LogP contribution in [0.15, 0.2) is 0 Å².